The van der Waals surface area contributed by atoms with E-state index in [9.17, 15) is 14.0 Å². The molecule has 1 aliphatic heterocycles. The van der Waals surface area contributed by atoms with Gasteiger partial charge < -0.3 is 20.1 Å². The first kappa shape index (κ1) is 18.0. The summed E-state index contributed by atoms with van der Waals surface area (Å²) in [4.78, 5) is 25.1. The average Bonchev–Trinajstić information content (AvgIpc) is 3.05. The number of carbonyl (C=O) groups is 2. The number of ether oxygens (including phenoxy) is 2. The zero-order valence-corrected chi connectivity index (χ0v) is 14.8. The van der Waals surface area contributed by atoms with Crippen molar-refractivity contribution in [2.45, 2.75) is 13.8 Å². The number of rotatable bonds is 4. The van der Waals surface area contributed by atoms with Crippen LogP contribution in [0.5, 0.6) is 11.5 Å². The Morgan fingerprint density at radius 3 is 2.23 bits per heavy atom. The van der Waals surface area contributed by atoms with E-state index in [4.69, 9.17) is 21.1 Å². The number of amides is 2. The molecule has 136 valence electrons. The van der Waals surface area contributed by atoms with E-state index in [1.165, 1.54) is 26.0 Å². The first-order valence-electron chi connectivity index (χ1n) is 7.75. The standard InChI is InChI=1S/C18H16ClFN2O4/c1-18(2,16(23)21-10-3-5-13(20)12(19)7-10)17(24)22-11-4-6-14-15(8-11)26-9-25-14/h3-8H,9H2,1-2H3,(H,21,23)(H,22,24). The Kier molecular flexibility index (Phi) is 4.73. The molecule has 0 unspecified atom stereocenters. The summed E-state index contributed by atoms with van der Waals surface area (Å²) in [5, 5.41) is 5.12. The highest BCUT2D eigenvalue weighted by Gasteiger charge is 2.36. The van der Waals surface area contributed by atoms with Gasteiger partial charge in [0.05, 0.1) is 5.02 Å². The van der Waals surface area contributed by atoms with Crippen molar-refractivity contribution in [3.8, 4) is 11.5 Å². The fourth-order valence-corrected chi connectivity index (χ4v) is 2.41. The van der Waals surface area contributed by atoms with Crippen molar-refractivity contribution >= 4 is 34.8 Å². The van der Waals surface area contributed by atoms with Crippen LogP contribution in [0.2, 0.25) is 5.02 Å². The molecule has 2 N–H and O–H groups in total. The zero-order valence-electron chi connectivity index (χ0n) is 14.1. The fraction of sp³-hybridized carbons (Fsp3) is 0.222. The van der Waals surface area contributed by atoms with E-state index in [1.807, 2.05) is 0 Å². The lowest BCUT2D eigenvalue weighted by Crippen LogP contribution is -2.41. The fourth-order valence-electron chi connectivity index (χ4n) is 2.23. The Morgan fingerprint density at radius 1 is 1.00 bits per heavy atom. The molecule has 1 heterocycles. The van der Waals surface area contributed by atoms with Crippen LogP contribution < -0.4 is 20.1 Å². The largest absolute Gasteiger partial charge is 0.454 e. The summed E-state index contributed by atoms with van der Waals surface area (Å²) >= 11 is 5.70. The lowest BCUT2D eigenvalue weighted by molar-refractivity contribution is -0.135. The van der Waals surface area contributed by atoms with Crippen LogP contribution in [0.4, 0.5) is 15.8 Å². The van der Waals surface area contributed by atoms with Crippen molar-refractivity contribution in [3.63, 3.8) is 0 Å². The third-order valence-corrected chi connectivity index (χ3v) is 4.23. The number of fused-ring (bicyclic) bond motifs is 1. The molecule has 0 saturated carbocycles. The molecular weight excluding hydrogens is 363 g/mol. The van der Waals surface area contributed by atoms with Gasteiger partial charge in [0, 0.05) is 17.4 Å². The first-order valence-corrected chi connectivity index (χ1v) is 8.13. The topological polar surface area (TPSA) is 76.7 Å². The SMILES string of the molecule is CC(C)(C(=O)Nc1ccc(F)c(Cl)c1)C(=O)Nc1ccc2c(c1)OCO2. The number of hydrogen-bond donors (Lipinski definition) is 2. The first-order chi connectivity index (χ1) is 12.3. The minimum absolute atomic E-state index is 0.120. The van der Waals surface area contributed by atoms with Gasteiger partial charge in [0.15, 0.2) is 11.5 Å². The lowest BCUT2D eigenvalue weighted by Gasteiger charge is -2.23. The van der Waals surface area contributed by atoms with Crippen LogP contribution in [-0.2, 0) is 9.59 Å². The molecule has 2 aromatic carbocycles. The number of anilines is 2. The van der Waals surface area contributed by atoms with Gasteiger partial charge in [0.1, 0.15) is 11.2 Å². The summed E-state index contributed by atoms with van der Waals surface area (Å²) in [5.74, 6) is -0.552. The molecule has 0 aromatic heterocycles. The molecule has 2 aromatic rings. The summed E-state index contributed by atoms with van der Waals surface area (Å²) in [5.41, 5.74) is -0.618. The second-order valence-electron chi connectivity index (χ2n) is 6.23. The molecule has 0 bridgehead atoms. The minimum atomic E-state index is -1.39. The van der Waals surface area contributed by atoms with Crippen molar-refractivity contribution < 1.29 is 23.5 Å². The molecular formula is C18H16ClFN2O4. The summed E-state index contributed by atoms with van der Waals surface area (Å²) in [7, 11) is 0. The number of nitrogens with one attached hydrogen (secondary N) is 2. The Hall–Kier alpha value is -2.80. The maximum atomic E-state index is 13.2. The number of halogens is 2. The van der Waals surface area contributed by atoms with Gasteiger partial charge in [-0.3, -0.25) is 9.59 Å². The van der Waals surface area contributed by atoms with Crippen LogP contribution >= 0.6 is 11.6 Å². The molecule has 3 rings (SSSR count). The number of benzene rings is 2. The van der Waals surface area contributed by atoms with E-state index in [0.717, 1.165) is 6.07 Å². The van der Waals surface area contributed by atoms with Crippen LogP contribution in [0.3, 0.4) is 0 Å². The molecule has 0 fully saturated rings. The third kappa shape index (κ3) is 3.57. The van der Waals surface area contributed by atoms with Gasteiger partial charge in [-0.25, -0.2) is 4.39 Å². The average molecular weight is 379 g/mol. The quantitative estimate of drug-likeness (QED) is 0.793. The molecule has 0 saturated heterocycles. The highest BCUT2D eigenvalue weighted by atomic mass is 35.5. The number of hydrogen-bond acceptors (Lipinski definition) is 4. The van der Waals surface area contributed by atoms with Gasteiger partial charge in [-0.15, -0.1) is 0 Å². The van der Waals surface area contributed by atoms with Gasteiger partial charge in [-0.05, 0) is 44.2 Å². The Bertz CT molecular complexity index is 885. The van der Waals surface area contributed by atoms with Crippen molar-refractivity contribution in [2.75, 3.05) is 17.4 Å². The highest BCUT2D eigenvalue weighted by molar-refractivity contribution is 6.31. The molecule has 8 heteroatoms. The van der Waals surface area contributed by atoms with Gasteiger partial charge in [-0.2, -0.15) is 0 Å². The van der Waals surface area contributed by atoms with Crippen LogP contribution in [-0.4, -0.2) is 18.6 Å². The Morgan fingerprint density at radius 2 is 1.58 bits per heavy atom. The molecule has 2 amide bonds. The number of carbonyl (C=O) groups excluding carboxylic acids is 2. The predicted molar refractivity (Wildman–Crippen MR) is 95.0 cm³/mol. The van der Waals surface area contributed by atoms with E-state index in [-0.39, 0.29) is 11.8 Å². The summed E-state index contributed by atoms with van der Waals surface area (Å²) in [6.45, 7) is 3.09. The van der Waals surface area contributed by atoms with Gasteiger partial charge in [0.2, 0.25) is 18.6 Å². The second kappa shape index (κ2) is 6.84. The Balaban J connectivity index is 1.70. The molecule has 6 nitrogen and oxygen atoms in total. The summed E-state index contributed by atoms with van der Waals surface area (Å²) in [6, 6.07) is 8.72. The molecule has 0 radical (unpaired) electrons. The zero-order chi connectivity index (χ0) is 18.9. The van der Waals surface area contributed by atoms with E-state index in [0.29, 0.717) is 22.9 Å². The highest BCUT2D eigenvalue weighted by Crippen LogP contribution is 2.34. The Labute approximate surface area is 154 Å². The normalized spacial score (nSPS) is 12.6. The maximum absolute atomic E-state index is 13.2. The van der Waals surface area contributed by atoms with Crippen LogP contribution in [0.1, 0.15) is 13.8 Å². The molecule has 1 aliphatic rings. The van der Waals surface area contributed by atoms with Crippen LogP contribution in [0.15, 0.2) is 36.4 Å². The molecule has 26 heavy (non-hydrogen) atoms. The van der Waals surface area contributed by atoms with Gasteiger partial charge in [0.25, 0.3) is 0 Å². The molecule has 0 spiro atoms. The molecule has 0 aliphatic carbocycles. The van der Waals surface area contributed by atoms with Crippen molar-refractivity contribution in [2.24, 2.45) is 5.41 Å². The predicted octanol–water partition coefficient (Wildman–Crippen LogP) is 3.81. The lowest BCUT2D eigenvalue weighted by atomic mass is 9.90. The minimum Gasteiger partial charge on any atom is -0.454 e. The van der Waals surface area contributed by atoms with Crippen LogP contribution in [0, 0.1) is 11.2 Å². The van der Waals surface area contributed by atoms with E-state index in [1.54, 1.807) is 18.2 Å². The maximum Gasteiger partial charge on any atom is 0.239 e. The van der Waals surface area contributed by atoms with Gasteiger partial charge >= 0.3 is 0 Å². The summed E-state index contributed by atoms with van der Waals surface area (Å²) in [6.07, 6.45) is 0. The smallest absolute Gasteiger partial charge is 0.239 e. The van der Waals surface area contributed by atoms with Crippen LogP contribution in [0.25, 0.3) is 0 Å². The van der Waals surface area contributed by atoms with E-state index < -0.39 is 23.0 Å². The van der Waals surface area contributed by atoms with E-state index >= 15 is 0 Å². The van der Waals surface area contributed by atoms with Crippen molar-refractivity contribution in [1.82, 2.24) is 0 Å². The molecule has 0 atom stereocenters. The van der Waals surface area contributed by atoms with Crippen molar-refractivity contribution in [3.05, 3.63) is 47.2 Å². The third-order valence-electron chi connectivity index (χ3n) is 3.94. The van der Waals surface area contributed by atoms with Gasteiger partial charge in [-0.1, -0.05) is 11.6 Å². The van der Waals surface area contributed by atoms with Crippen molar-refractivity contribution in [1.29, 1.82) is 0 Å². The van der Waals surface area contributed by atoms with E-state index in [2.05, 4.69) is 10.6 Å². The monoisotopic (exact) mass is 378 g/mol. The summed E-state index contributed by atoms with van der Waals surface area (Å²) < 4.78 is 23.7. The second-order valence-corrected chi connectivity index (χ2v) is 6.64.